The normalized spacial score (nSPS) is 54.6. The zero-order valence-corrected chi connectivity index (χ0v) is 31.7. The van der Waals surface area contributed by atoms with Crippen LogP contribution in [0.4, 0.5) is 0 Å². The summed E-state index contributed by atoms with van der Waals surface area (Å²) in [6, 6.07) is 0. The van der Waals surface area contributed by atoms with Crippen molar-refractivity contribution in [1.29, 1.82) is 0 Å². The molecule has 0 aromatic heterocycles. The van der Waals surface area contributed by atoms with Gasteiger partial charge in [0.05, 0.1) is 31.3 Å². The van der Waals surface area contributed by atoms with Crippen LogP contribution in [0.2, 0.25) is 0 Å². The van der Waals surface area contributed by atoms with Gasteiger partial charge in [0.15, 0.2) is 12.6 Å². The minimum Gasteiger partial charge on any atom is -0.432 e. The summed E-state index contributed by atoms with van der Waals surface area (Å²) in [6.07, 6.45) is -18.9. The van der Waals surface area contributed by atoms with E-state index >= 15 is 0 Å². The highest BCUT2D eigenvalue weighted by molar-refractivity contribution is 5.77. The SMILES string of the molecule is C=C1C[C@@]23CC[C@H]4[C@@](C)(CCC[C@@]4(C)C(=O)OC4OC(CO)C(O)C(O)C4O)[C@@H]2CC(OC2OC(CO)C(O)C(O)C2OC2OC(CO)C(O)C(O)C2O)[C@@H]1C3. The molecule has 4 aliphatic carbocycles. The Morgan fingerprint density at radius 1 is 0.696 bits per heavy atom. The fourth-order valence-electron chi connectivity index (χ4n) is 11.9. The van der Waals surface area contributed by atoms with Gasteiger partial charge in [-0.05, 0) is 74.5 Å². The number of carbonyl (C=O) groups is 1. The van der Waals surface area contributed by atoms with Crippen molar-refractivity contribution in [2.75, 3.05) is 19.8 Å². The van der Waals surface area contributed by atoms with Crippen LogP contribution in [0.3, 0.4) is 0 Å². The molecule has 18 heteroatoms. The minimum atomic E-state index is -1.81. The molecule has 3 aliphatic heterocycles. The van der Waals surface area contributed by atoms with E-state index in [9.17, 15) is 61.0 Å². The average Bonchev–Trinajstić information content (AvgIpc) is 3.44. The van der Waals surface area contributed by atoms with Crippen LogP contribution < -0.4 is 0 Å². The highest BCUT2D eigenvalue weighted by Crippen LogP contribution is 2.72. The van der Waals surface area contributed by atoms with E-state index in [0.29, 0.717) is 25.7 Å². The van der Waals surface area contributed by atoms with Gasteiger partial charge >= 0.3 is 5.97 Å². The Morgan fingerprint density at radius 3 is 1.86 bits per heavy atom. The number of esters is 1. The van der Waals surface area contributed by atoms with Crippen molar-refractivity contribution in [3.63, 3.8) is 0 Å². The number of rotatable bonds is 9. The van der Waals surface area contributed by atoms with Crippen LogP contribution in [0.25, 0.3) is 0 Å². The van der Waals surface area contributed by atoms with Gasteiger partial charge in [-0.25, -0.2) is 0 Å². The lowest BCUT2D eigenvalue weighted by molar-refractivity contribution is -0.374. The number of fused-ring (bicyclic) bond motifs is 3. The molecule has 0 aromatic carbocycles. The van der Waals surface area contributed by atoms with Crippen LogP contribution in [0.1, 0.15) is 65.2 Å². The number of hydrogen-bond acceptors (Lipinski definition) is 18. The molecule has 3 saturated heterocycles. The Hall–Kier alpha value is -1.43. The summed E-state index contributed by atoms with van der Waals surface area (Å²) in [7, 11) is 0. The second-order valence-corrected chi connectivity index (χ2v) is 17.9. The van der Waals surface area contributed by atoms with E-state index in [1.165, 1.54) is 0 Å². The quantitative estimate of drug-likeness (QED) is 0.0626. The number of aliphatic hydroxyl groups is 11. The Morgan fingerprint density at radius 2 is 1.25 bits per heavy atom. The molecule has 4 saturated carbocycles. The molecule has 7 aliphatic rings. The summed E-state index contributed by atoms with van der Waals surface area (Å²) in [6.45, 7) is 6.43. The zero-order valence-electron chi connectivity index (χ0n) is 31.7. The fourth-order valence-corrected chi connectivity index (χ4v) is 11.9. The van der Waals surface area contributed by atoms with Crippen molar-refractivity contribution >= 4 is 5.97 Å². The van der Waals surface area contributed by atoms with Gasteiger partial charge < -0.3 is 84.6 Å². The maximum atomic E-state index is 14.2. The van der Waals surface area contributed by atoms with Crippen molar-refractivity contribution in [2.45, 2.75) is 163 Å². The van der Waals surface area contributed by atoms with E-state index < -0.39 is 135 Å². The average molecular weight is 805 g/mol. The van der Waals surface area contributed by atoms with Crippen molar-refractivity contribution in [3.05, 3.63) is 12.2 Å². The lowest BCUT2D eigenvalue weighted by Crippen LogP contribution is -2.65. The van der Waals surface area contributed by atoms with Gasteiger partial charge in [-0.3, -0.25) is 4.79 Å². The summed E-state index contributed by atoms with van der Waals surface area (Å²) in [4.78, 5) is 14.2. The first-order valence-corrected chi connectivity index (χ1v) is 19.9. The number of aliphatic hydroxyl groups excluding tert-OH is 11. The fraction of sp³-hybridized carbons (Fsp3) is 0.921. The van der Waals surface area contributed by atoms with Gasteiger partial charge in [-0.2, -0.15) is 0 Å². The van der Waals surface area contributed by atoms with Crippen LogP contribution in [-0.2, 0) is 33.2 Å². The molecule has 16 unspecified atom stereocenters. The molecule has 18 nitrogen and oxygen atoms in total. The third-order valence-corrected chi connectivity index (χ3v) is 14.9. The Labute approximate surface area is 324 Å². The van der Waals surface area contributed by atoms with Crippen molar-refractivity contribution in [1.82, 2.24) is 0 Å². The molecule has 0 amide bonds. The summed E-state index contributed by atoms with van der Waals surface area (Å²) >= 11 is 0. The van der Waals surface area contributed by atoms with Gasteiger partial charge in [0.1, 0.15) is 73.2 Å². The molecule has 7 rings (SSSR count). The summed E-state index contributed by atoms with van der Waals surface area (Å²) in [5.41, 5.74) is -0.627. The second-order valence-electron chi connectivity index (χ2n) is 17.9. The largest absolute Gasteiger partial charge is 0.432 e. The van der Waals surface area contributed by atoms with Gasteiger partial charge in [-0.1, -0.05) is 25.5 Å². The number of carbonyl (C=O) groups excluding carboxylic acids is 1. The molecule has 22 atom stereocenters. The predicted octanol–water partition coefficient (Wildman–Crippen LogP) is -3.08. The Balaban J connectivity index is 1.13. The summed E-state index contributed by atoms with van der Waals surface area (Å²) in [5.74, 6) is -0.943. The first-order valence-electron chi connectivity index (χ1n) is 19.9. The van der Waals surface area contributed by atoms with Crippen molar-refractivity contribution in [2.24, 2.45) is 34.0 Å². The molecule has 0 radical (unpaired) electrons. The maximum absolute atomic E-state index is 14.2. The van der Waals surface area contributed by atoms with Crippen LogP contribution in [0, 0.1) is 34.0 Å². The van der Waals surface area contributed by atoms with Crippen LogP contribution in [-0.4, -0.2) is 180 Å². The minimum absolute atomic E-state index is 0.00788. The van der Waals surface area contributed by atoms with Gasteiger partial charge in [0, 0.05) is 5.92 Å². The number of ether oxygens (including phenoxy) is 6. The van der Waals surface area contributed by atoms with Gasteiger partial charge in [-0.15, -0.1) is 0 Å². The number of hydrogen-bond donors (Lipinski definition) is 11. The molecule has 320 valence electrons. The summed E-state index contributed by atoms with van der Waals surface area (Å²) < 4.78 is 35.5. The monoisotopic (exact) mass is 804 g/mol. The van der Waals surface area contributed by atoms with E-state index in [2.05, 4.69) is 13.5 Å². The van der Waals surface area contributed by atoms with Crippen LogP contribution in [0.15, 0.2) is 12.2 Å². The van der Waals surface area contributed by atoms with Crippen LogP contribution >= 0.6 is 0 Å². The van der Waals surface area contributed by atoms with Gasteiger partial charge in [0.25, 0.3) is 0 Å². The first-order chi connectivity index (χ1) is 26.4. The van der Waals surface area contributed by atoms with Gasteiger partial charge in [0.2, 0.25) is 6.29 Å². The van der Waals surface area contributed by atoms with E-state index in [1.807, 2.05) is 6.92 Å². The molecular formula is C38H60O18. The smallest absolute Gasteiger partial charge is 0.314 e. The molecule has 3 heterocycles. The Bertz CT molecular complexity index is 1430. The van der Waals surface area contributed by atoms with E-state index in [0.717, 1.165) is 31.3 Å². The van der Waals surface area contributed by atoms with E-state index in [-0.39, 0.29) is 23.2 Å². The highest BCUT2D eigenvalue weighted by atomic mass is 16.8. The molecule has 56 heavy (non-hydrogen) atoms. The zero-order chi connectivity index (χ0) is 40.6. The lowest BCUT2D eigenvalue weighted by Gasteiger charge is -2.64. The third-order valence-electron chi connectivity index (χ3n) is 14.9. The second kappa shape index (κ2) is 15.9. The molecule has 7 fully saturated rings. The molecule has 2 bridgehead atoms. The molecule has 11 N–H and O–H groups in total. The topological polar surface area (TPSA) is 295 Å². The van der Waals surface area contributed by atoms with E-state index in [1.54, 1.807) is 0 Å². The standard InChI is InChI=1S/C38H60O18/c1-15-10-38-8-5-21-36(2,6-4-7-37(21,3)35(50)56-33-30(49)27(46)24(43)19(13-40)53-33)22(38)9-17(16(15)11-38)51-34-31(28(47)25(44)20(14-41)54-34)55-32-29(48)26(45)23(42)18(12-39)52-32/h16-34,39-49H,1,4-14H2,2-3H3/t16-,17?,18?,19?,20?,21+,22+,23?,24?,25?,26?,27?,28?,29?,30?,31?,32?,33?,34?,36-,37-,38-/m1/s1. The maximum Gasteiger partial charge on any atom is 0.314 e. The summed E-state index contributed by atoms with van der Waals surface area (Å²) in [5, 5.41) is 114. The van der Waals surface area contributed by atoms with Crippen molar-refractivity contribution in [3.8, 4) is 0 Å². The van der Waals surface area contributed by atoms with Crippen molar-refractivity contribution < 1.29 is 89.4 Å². The first kappa shape index (κ1) is 42.7. The molecule has 0 aromatic rings. The van der Waals surface area contributed by atoms with E-state index in [4.69, 9.17) is 28.4 Å². The highest BCUT2D eigenvalue weighted by Gasteiger charge is 2.68. The molecular weight excluding hydrogens is 744 g/mol. The predicted molar refractivity (Wildman–Crippen MR) is 186 cm³/mol. The Kier molecular flexibility index (Phi) is 12.1. The van der Waals surface area contributed by atoms with Crippen LogP contribution in [0.5, 0.6) is 0 Å². The lowest BCUT2D eigenvalue weighted by atomic mass is 9.41. The third kappa shape index (κ3) is 6.88. The molecule has 1 spiro atoms.